The number of benzene rings is 1. The minimum atomic E-state index is -0.340. The molecular formula is C13H8Br2N6O. The Labute approximate surface area is 140 Å². The highest BCUT2D eigenvalue weighted by Crippen LogP contribution is 2.28. The van der Waals surface area contributed by atoms with Crippen molar-refractivity contribution in [3.63, 3.8) is 0 Å². The molecule has 9 heteroatoms. The van der Waals surface area contributed by atoms with Crippen LogP contribution in [0.5, 0.6) is 0 Å². The second-order valence-corrected chi connectivity index (χ2v) is 6.58. The summed E-state index contributed by atoms with van der Waals surface area (Å²) >= 11 is 6.90. The molecule has 0 spiro atoms. The highest BCUT2D eigenvalue weighted by atomic mass is 79.9. The van der Waals surface area contributed by atoms with Crippen molar-refractivity contribution in [2.75, 3.05) is 0 Å². The fourth-order valence-corrected chi connectivity index (χ4v) is 3.65. The molecule has 0 fully saturated rings. The minimum Gasteiger partial charge on any atom is -0.304 e. The molecule has 0 amide bonds. The number of H-pyrrole nitrogens is 1. The van der Waals surface area contributed by atoms with Crippen molar-refractivity contribution < 1.29 is 0 Å². The van der Waals surface area contributed by atoms with Gasteiger partial charge in [0.15, 0.2) is 11.5 Å². The quantitative estimate of drug-likeness (QED) is 0.510. The van der Waals surface area contributed by atoms with E-state index < -0.39 is 0 Å². The van der Waals surface area contributed by atoms with Gasteiger partial charge in [-0.25, -0.2) is 9.78 Å². The van der Waals surface area contributed by atoms with Gasteiger partial charge in [0.2, 0.25) is 0 Å². The number of rotatable bonds is 1. The maximum Gasteiger partial charge on any atom is 0.348 e. The molecule has 3 heterocycles. The number of fused-ring (bicyclic) bond motifs is 3. The summed E-state index contributed by atoms with van der Waals surface area (Å²) in [6.45, 7) is 0. The summed E-state index contributed by atoms with van der Waals surface area (Å²) < 4.78 is 4.59. The van der Waals surface area contributed by atoms with Crippen molar-refractivity contribution >= 4 is 48.4 Å². The van der Waals surface area contributed by atoms with Gasteiger partial charge >= 0.3 is 5.69 Å². The summed E-state index contributed by atoms with van der Waals surface area (Å²) in [5.74, 6) is 0.460. The van der Waals surface area contributed by atoms with Crippen molar-refractivity contribution in [2.45, 2.75) is 0 Å². The van der Waals surface area contributed by atoms with Crippen LogP contribution in [-0.4, -0.2) is 29.4 Å². The maximum atomic E-state index is 12.2. The van der Waals surface area contributed by atoms with Crippen LogP contribution < -0.4 is 5.69 Å². The Hall–Kier alpha value is -2.00. The lowest BCUT2D eigenvalue weighted by molar-refractivity contribution is 0.768. The van der Waals surface area contributed by atoms with Crippen LogP contribution in [-0.2, 0) is 7.05 Å². The van der Waals surface area contributed by atoms with Gasteiger partial charge in [-0.15, -0.1) is 5.10 Å². The van der Waals surface area contributed by atoms with Gasteiger partial charge in [0, 0.05) is 27.6 Å². The topological polar surface area (TPSA) is 80.9 Å². The number of aromatic nitrogens is 6. The monoisotopic (exact) mass is 422 g/mol. The molecule has 1 aromatic carbocycles. The number of nitrogens with zero attached hydrogens (tertiary/aromatic N) is 5. The van der Waals surface area contributed by atoms with Crippen LogP contribution in [0.25, 0.3) is 27.9 Å². The third kappa shape index (κ3) is 2.00. The Morgan fingerprint density at radius 2 is 2.09 bits per heavy atom. The molecule has 0 aliphatic heterocycles. The Bertz CT molecular complexity index is 1090. The first-order valence-corrected chi connectivity index (χ1v) is 7.88. The molecule has 0 atom stereocenters. The van der Waals surface area contributed by atoms with E-state index in [-0.39, 0.29) is 5.69 Å². The zero-order valence-electron chi connectivity index (χ0n) is 11.2. The van der Waals surface area contributed by atoms with Gasteiger partial charge in [-0.1, -0.05) is 15.9 Å². The standard InChI is InChI=1S/C13H8Br2N6O/c1-20-5-6(4-16-20)11-18-12-8-2-7(14)3-9(15)10(8)17-13(22)21(12)19-11/h2-5H,1H3,(H,17,22). The van der Waals surface area contributed by atoms with Gasteiger partial charge in [-0.05, 0) is 28.1 Å². The lowest BCUT2D eigenvalue weighted by Crippen LogP contribution is -2.17. The van der Waals surface area contributed by atoms with E-state index in [1.165, 1.54) is 4.52 Å². The average molecular weight is 424 g/mol. The fourth-order valence-electron chi connectivity index (χ4n) is 2.32. The molecule has 22 heavy (non-hydrogen) atoms. The SMILES string of the molecule is Cn1cc(-c2nc3c4cc(Br)cc(Br)c4[nH]c(=O)n3n2)cn1. The van der Waals surface area contributed by atoms with E-state index in [9.17, 15) is 4.79 Å². The van der Waals surface area contributed by atoms with E-state index in [2.05, 4.69) is 52.0 Å². The van der Waals surface area contributed by atoms with Crippen molar-refractivity contribution in [2.24, 2.45) is 7.05 Å². The predicted octanol–water partition coefficient (Wildman–Crippen LogP) is 2.50. The van der Waals surface area contributed by atoms with Crippen LogP contribution in [0.3, 0.4) is 0 Å². The lowest BCUT2D eigenvalue weighted by Gasteiger charge is -2.02. The number of aromatic amines is 1. The first kappa shape index (κ1) is 13.6. The largest absolute Gasteiger partial charge is 0.348 e. The maximum absolute atomic E-state index is 12.2. The zero-order valence-corrected chi connectivity index (χ0v) is 14.4. The highest BCUT2D eigenvalue weighted by Gasteiger charge is 2.15. The molecule has 0 radical (unpaired) electrons. The van der Waals surface area contributed by atoms with E-state index in [1.54, 1.807) is 17.1 Å². The Morgan fingerprint density at radius 1 is 1.27 bits per heavy atom. The van der Waals surface area contributed by atoms with Crippen LogP contribution in [0.2, 0.25) is 0 Å². The molecule has 0 saturated heterocycles. The molecular weight excluding hydrogens is 416 g/mol. The molecule has 0 bridgehead atoms. The first-order chi connectivity index (χ1) is 10.5. The van der Waals surface area contributed by atoms with Crippen LogP contribution in [0, 0.1) is 0 Å². The van der Waals surface area contributed by atoms with E-state index in [4.69, 9.17) is 0 Å². The van der Waals surface area contributed by atoms with E-state index in [0.29, 0.717) is 17.0 Å². The smallest absolute Gasteiger partial charge is 0.304 e. The predicted molar refractivity (Wildman–Crippen MR) is 88.7 cm³/mol. The highest BCUT2D eigenvalue weighted by molar-refractivity contribution is 9.11. The number of halogens is 2. The van der Waals surface area contributed by atoms with Crippen molar-refractivity contribution in [3.05, 3.63) is 44.0 Å². The summed E-state index contributed by atoms with van der Waals surface area (Å²) in [5.41, 5.74) is 1.60. The van der Waals surface area contributed by atoms with Crippen LogP contribution in [0.15, 0.2) is 38.3 Å². The second kappa shape index (κ2) is 4.75. The Morgan fingerprint density at radius 3 is 2.82 bits per heavy atom. The van der Waals surface area contributed by atoms with Gasteiger partial charge in [0.05, 0.1) is 17.3 Å². The number of aryl methyl sites for hydroxylation is 1. The summed E-state index contributed by atoms with van der Waals surface area (Å²) in [5, 5.41) is 9.18. The van der Waals surface area contributed by atoms with Crippen LogP contribution >= 0.6 is 31.9 Å². The molecule has 0 aliphatic carbocycles. The normalized spacial score (nSPS) is 11.6. The van der Waals surface area contributed by atoms with Crippen molar-refractivity contribution in [1.82, 2.24) is 29.4 Å². The summed E-state index contributed by atoms with van der Waals surface area (Å²) in [6.07, 6.45) is 3.47. The third-order valence-corrected chi connectivity index (χ3v) is 4.37. The Balaban J connectivity index is 2.12. The molecule has 0 saturated carbocycles. The third-order valence-electron chi connectivity index (χ3n) is 3.29. The average Bonchev–Trinajstić information content (AvgIpc) is 3.07. The van der Waals surface area contributed by atoms with Gasteiger partial charge in [0.1, 0.15) is 0 Å². The van der Waals surface area contributed by atoms with E-state index in [0.717, 1.165) is 19.9 Å². The Kier molecular flexibility index (Phi) is 2.95. The van der Waals surface area contributed by atoms with Gasteiger partial charge in [0.25, 0.3) is 0 Å². The summed E-state index contributed by atoms with van der Waals surface area (Å²) in [7, 11) is 1.82. The summed E-state index contributed by atoms with van der Waals surface area (Å²) in [6, 6.07) is 3.76. The van der Waals surface area contributed by atoms with Crippen LogP contribution in [0.4, 0.5) is 0 Å². The van der Waals surface area contributed by atoms with Gasteiger partial charge in [-0.2, -0.15) is 9.61 Å². The van der Waals surface area contributed by atoms with Crippen molar-refractivity contribution in [3.8, 4) is 11.4 Å². The first-order valence-electron chi connectivity index (χ1n) is 6.30. The molecule has 4 rings (SSSR count). The van der Waals surface area contributed by atoms with Crippen LogP contribution in [0.1, 0.15) is 0 Å². The fraction of sp³-hybridized carbons (Fsp3) is 0.0769. The molecule has 0 aliphatic rings. The molecule has 0 unspecified atom stereocenters. The molecule has 4 aromatic rings. The number of hydrogen-bond donors (Lipinski definition) is 1. The van der Waals surface area contributed by atoms with Gasteiger partial charge < -0.3 is 4.98 Å². The van der Waals surface area contributed by atoms with Crippen molar-refractivity contribution in [1.29, 1.82) is 0 Å². The second-order valence-electron chi connectivity index (χ2n) is 4.81. The zero-order chi connectivity index (χ0) is 15.4. The van der Waals surface area contributed by atoms with E-state index in [1.807, 2.05) is 19.2 Å². The molecule has 3 aromatic heterocycles. The van der Waals surface area contributed by atoms with E-state index >= 15 is 0 Å². The molecule has 7 nitrogen and oxygen atoms in total. The number of nitrogens with one attached hydrogen (secondary N) is 1. The minimum absolute atomic E-state index is 0.340. The lowest BCUT2D eigenvalue weighted by atomic mass is 10.2. The molecule has 110 valence electrons. The molecule has 1 N–H and O–H groups in total. The summed E-state index contributed by atoms with van der Waals surface area (Å²) in [4.78, 5) is 19.6. The van der Waals surface area contributed by atoms with Gasteiger partial charge in [-0.3, -0.25) is 4.68 Å². The number of hydrogen-bond acceptors (Lipinski definition) is 4.